The molecule has 5 heteroatoms. The number of rotatable bonds is 7. The molecule has 1 aliphatic rings. The van der Waals surface area contributed by atoms with E-state index in [2.05, 4.69) is 70.2 Å². The Morgan fingerprint density at radius 1 is 1.03 bits per heavy atom. The Kier molecular flexibility index (Phi) is 8.09. The van der Waals surface area contributed by atoms with E-state index < -0.39 is 8.38 Å². The maximum atomic E-state index is 6.20. The van der Waals surface area contributed by atoms with Crippen molar-refractivity contribution >= 4 is 20.0 Å². The van der Waals surface area contributed by atoms with Crippen LogP contribution < -0.4 is 4.74 Å². The SMILES string of the molecule is Cc1cc(OCP2OCCC(c3cccc(Cl)c3)O2)cc(C)c1Cc1cccc(C(C)C)c1. The molecule has 3 aromatic rings. The zero-order valence-corrected chi connectivity index (χ0v) is 21.5. The standard InChI is InChI=1S/C28H32ClO3P/c1-19(2)23-8-5-7-22(15-23)16-27-20(3)13-26(14-21(27)4)30-18-33-31-12-11-28(32-33)24-9-6-10-25(29)17-24/h5-10,13-15,17,19,28H,11-12,16,18H2,1-4H3. The lowest BCUT2D eigenvalue weighted by Crippen LogP contribution is -2.14. The zero-order valence-electron chi connectivity index (χ0n) is 19.8. The minimum Gasteiger partial charge on any atom is -0.484 e. The van der Waals surface area contributed by atoms with Crippen molar-refractivity contribution in [1.29, 1.82) is 0 Å². The topological polar surface area (TPSA) is 27.7 Å². The van der Waals surface area contributed by atoms with Crippen molar-refractivity contribution in [3.8, 4) is 5.75 Å². The monoisotopic (exact) mass is 482 g/mol. The number of halogens is 1. The third-order valence-corrected chi connectivity index (χ3v) is 7.62. The van der Waals surface area contributed by atoms with E-state index >= 15 is 0 Å². The summed E-state index contributed by atoms with van der Waals surface area (Å²) in [5.74, 6) is 1.40. The van der Waals surface area contributed by atoms with Crippen LogP contribution in [-0.4, -0.2) is 13.0 Å². The molecule has 33 heavy (non-hydrogen) atoms. The van der Waals surface area contributed by atoms with Crippen molar-refractivity contribution in [1.82, 2.24) is 0 Å². The molecule has 0 aliphatic carbocycles. The first-order chi connectivity index (χ1) is 15.9. The molecule has 0 N–H and O–H groups in total. The summed E-state index contributed by atoms with van der Waals surface area (Å²) in [6, 6.07) is 21.0. The van der Waals surface area contributed by atoms with Gasteiger partial charge < -0.3 is 13.8 Å². The van der Waals surface area contributed by atoms with E-state index in [9.17, 15) is 0 Å². The van der Waals surface area contributed by atoms with Crippen LogP contribution >= 0.6 is 20.0 Å². The lowest BCUT2D eigenvalue weighted by molar-refractivity contribution is 0.100. The van der Waals surface area contributed by atoms with Crippen LogP contribution in [0, 0.1) is 13.8 Å². The van der Waals surface area contributed by atoms with Gasteiger partial charge in [0, 0.05) is 11.4 Å². The fourth-order valence-electron chi connectivity index (χ4n) is 4.20. The summed E-state index contributed by atoms with van der Waals surface area (Å²) in [6.45, 7) is 9.46. The molecule has 3 nitrogen and oxygen atoms in total. The molecule has 3 aromatic carbocycles. The summed E-state index contributed by atoms with van der Waals surface area (Å²) in [4.78, 5) is 0. The van der Waals surface area contributed by atoms with Crippen LogP contribution in [0.4, 0.5) is 0 Å². The minimum atomic E-state index is -1.11. The molecule has 1 fully saturated rings. The molecular formula is C28H32ClO3P. The number of hydrogen-bond donors (Lipinski definition) is 0. The Morgan fingerprint density at radius 3 is 2.52 bits per heavy atom. The summed E-state index contributed by atoms with van der Waals surface area (Å²) in [5, 5.41) is 0.727. The van der Waals surface area contributed by atoms with Gasteiger partial charge in [-0.15, -0.1) is 0 Å². The van der Waals surface area contributed by atoms with Crippen LogP contribution in [-0.2, 0) is 15.5 Å². The fraction of sp³-hybridized carbons (Fsp3) is 0.357. The highest BCUT2D eigenvalue weighted by Gasteiger charge is 2.26. The molecule has 1 aliphatic heterocycles. The van der Waals surface area contributed by atoms with Crippen LogP contribution in [0.2, 0.25) is 5.02 Å². The second-order valence-corrected chi connectivity index (χ2v) is 10.8. The largest absolute Gasteiger partial charge is 0.484 e. The van der Waals surface area contributed by atoms with Crippen LogP contribution in [0.5, 0.6) is 5.75 Å². The fourth-order valence-corrected chi connectivity index (χ4v) is 5.67. The second kappa shape index (κ2) is 11.0. The van der Waals surface area contributed by atoms with Crippen LogP contribution in [0.1, 0.15) is 65.7 Å². The molecule has 1 saturated heterocycles. The van der Waals surface area contributed by atoms with Gasteiger partial charge in [0.05, 0.1) is 12.7 Å². The van der Waals surface area contributed by atoms with E-state index in [-0.39, 0.29) is 6.10 Å². The van der Waals surface area contributed by atoms with Crippen molar-refractivity contribution in [2.75, 3.05) is 13.0 Å². The van der Waals surface area contributed by atoms with Gasteiger partial charge in [-0.3, -0.25) is 0 Å². The smallest absolute Gasteiger partial charge is 0.211 e. The third-order valence-electron chi connectivity index (χ3n) is 6.09. The highest BCUT2D eigenvalue weighted by Crippen LogP contribution is 2.49. The molecular weight excluding hydrogens is 451 g/mol. The molecule has 2 unspecified atom stereocenters. The van der Waals surface area contributed by atoms with Crippen LogP contribution in [0.3, 0.4) is 0 Å². The molecule has 0 radical (unpaired) electrons. The Balaban J connectivity index is 1.39. The summed E-state index contributed by atoms with van der Waals surface area (Å²) in [6.07, 6.45) is 2.17. The molecule has 174 valence electrons. The van der Waals surface area contributed by atoms with Crippen molar-refractivity contribution < 1.29 is 13.8 Å². The van der Waals surface area contributed by atoms with Gasteiger partial charge in [-0.1, -0.05) is 61.8 Å². The maximum absolute atomic E-state index is 6.20. The lowest BCUT2D eigenvalue weighted by Gasteiger charge is -2.29. The van der Waals surface area contributed by atoms with Gasteiger partial charge in [0.2, 0.25) is 8.38 Å². The highest BCUT2D eigenvalue weighted by molar-refractivity contribution is 7.47. The Labute approximate surface area is 204 Å². The van der Waals surface area contributed by atoms with E-state index in [4.69, 9.17) is 25.4 Å². The van der Waals surface area contributed by atoms with Crippen molar-refractivity contribution in [3.63, 3.8) is 0 Å². The number of benzene rings is 3. The normalized spacial score (nSPS) is 18.5. The Hall–Kier alpha value is -1.90. The molecule has 0 saturated carbocycles. The summed E-state index contributed by atoms with van der Waals surface area (Å²) in [5.41, 5.74) is 7.68. The predicted octanol–water partition coefficient (Wildman–Crippen LogP) is 8.50. The third kappa shape index (κ3) is 6.37. The summed E-state index contributed by atoms with van der Waals surface area (Å²) in [7, 11) is -1.11. The van der Waals surface area contributed by atoms with Gasteiger partial charge in [0.15, 0.2) is 6.35 Å². The van der Waals surface area contributed by atoms with Crippen molar-refractivity contribution in [3.05, 3.63) is 99.1 Å². The maximum Gasteiger partial charge on any atom is 0.211 e. The molecule has 0 spiro atoms. The molecule has 2 atom stereocenters. The van der Waals surface area contributed by atoms with Crippen LogP contribution in [0.15, 0.2) is 60.7 Å². The van der Waals surface area contributed by atoms with Crippen molar-refractivity contribution in [2.45, 2.75) is 52.6 Å². The summed E-state index contributed by atoms with van der Waals surface area (Å²) < 4.78 is 18.2. The minimum absolute atomic E-state index is 0.000359. The van der Waals surface area contributed by atoms with Gasteiger partial charge in [0.25, 0.3) is 0 Å². The first-order valence-electron chi connectivity index (χ1n) is 11.5. The quantitative estimate of drug-likeness (QED) is 0.316. The van der Waals surface area contributed by atoms with E-state index in [1.54, 1.807) is 0 Å². The lowest BCUT2D eigenvalue weighted by atomic mass is 9.93. The van der Waals surface area contributed by atoms with E-state index in [1.807, 2.05) is 18.2 Å². The molecule has 0 aromatic heterocycles. The van der Waals surface area contributed by atoms with E-state index in [0.29, 0.717) is 18.9 Å². The van der Waals surface area contributed by atoms with E-state index in [1.165, 1.54) is 27.8 Å². The number of hydrogen-bond acceptors (Lipinski definition) is 3. The van der Waals surface area contributed by atoms with E-state index in [0.717, 1.165) is 29.2 Å². The average molecular weight is 483 g/mol. The summed E-state index contributed by atoms with van der Waals surface area (Å²) >= 11 is 6.15. The average Bonchev–Trinajstić information content (AvgIpc) is 2.80. The molecule has 0 amide bonds. The number of aryl methyl sites for hydroxylation is 2. The van der Waals surface area contributed by atoms with Gasteiger partial charge in [-0.05, 0) is 83.8 Å². The highest BCUT2D eigenvalue weighted by atomic mass is 35.5. The molecule has 1 heterocycles. The first-order valence-corrected chi connectivity index (χ1v) is 13.3. The van der Waals surface area contributed by atoms with Gasteiger partial charge in [-0.2, -0.15) is 0 Å². The van der Waals surface area contributed by atoms with Crippen LogP contribution in [0.25, 0.3) is 0 Å². The van der Waals surface area contributed by atoms with Crippen molar-refractivity contribution in [2.24, 2.45) is 0 Å². The van der Waals surface area contributed by atoms with Gasteiger partial charge >= 0.3 is 0 Å². The zero-order chi connectivity index (χ0) is 23.4. The van der Waals surface area contributed by atoms with Gasteiger partial charge in [0.1, 0.15) is 5.75 Å². The Morgan fingerprint density at radius 2 is 1.79 bits per heavy atom. The Bertz CT molecular complexity index is 1080. The second-order valence-electron chi connectivity index (χ2n) is 8.99. The molecule has 0 bridgehead atoms. The van der Waals surface area contributed by atoms with Gasteiger partial charge in [-0.25, -0.2) is 0 Å². The molecule has 4 rings (SSSR count). The number of ether oxygens (including phenoxy) is 1. The first kappa shape index (κ1) is 24.2. The predicted molar refractivity (Wildman–Crippen MR) is 138 cm³/mol.